The average Bonchev–Trinajstić information content (AvgIpc) is 2.26. The van der Waals surface area contributed by atoms with Crippen molar-refractivity contribution < 1.29 is 0 Å². The van der Waals surface area contributed by atoms with Crippen LogP contribution in [0.15, 0.2) is 28.7 Å². The standard InChI is InChI=1S/C13H20BrN/c1-2-3-4-5-6-11-15-13-9-7-12(14)8-10-13/h7-10,15H,2-6,11H2,1H3. The summed E-state index contributed by atoms with van der Waals surface area (Å²) in [6.45, 7) is 3.34. The molecule has 84 valence electrons. The molecular formula is C13H20BrN. The van der Waals surface area contributed by atoms with Gasteiger partial charge in [0.1, 0.15) is 0 Å². The summed E-state index contributed by atoms with van der Waals surface area (Å²) >= 11 is 3.43. The maximum absolute atomic E-state index is 3.43. The highest BCUT2D eigenvalue weighted by Gasteiger charge is 1.92. The summed E-state index contributed by atoms with van der Waals surface area (Å²) in [7, 11) is 0. The third-order valence-corrected chi connectivity index (χ3v) is 2.98. The van der Waals surface area contributed by atoms with E-state index in [1.165, 1.54) is 37.8 Å². The fourth-order valence-corrected chi connectivity index (χ4v) is 1.79. The Bertz CT molecular complexity index is 256. The van der Waals surface area contributed by atoms with Crippen LogP contribution in [0.5, 0.6) is 0 Å². The first-order valence-corrected chi connectivity index (χ1v) is 6.61. The predicted octanol–water partition coefficient (Wildman–Crippen LogP) is 4.83. The Morgan fingerprint density at radius 2 is 1.67 bits per heavy atom. The van der Waals surface area contributed by atoms with Crippen LogP contribution in [0, 0.1) is 0 Å². The molecule has 0 saturated carbocycles. The van der Waals surface area contributed by atoms with Gasteiger partial charge in [-0.3, -0.25) is 0 Å². The molecule has 1 rings (SSSR count). The molecule has 0 radical (unpaired) electrons. The summed E-state index contributed by atoms with van der Waals surface area (Å²) in [4.78, 5) is 0. The van der Waals surface area contributed by atoms with Crippen molar-refractivity contribution in [1.29, 1.82) is 0 Å². The average molecular weight is 270 g/mol. The Morgan fingerprint density at radius 3 is 2.33 bits per heavy atom. The number of rotatable bonds is 7. The van der Waals surface area contributed by atoms with Crippen LogP contribution < -0.4 is 5.32 Å². The molecule has 15 heavy (non-hydrogen) atoms. The lowest BCUT2D eigenvalue weighted by Gasteiger charge is -2.05. The molecule has 0 atom stereocenters. The zero-order chi connectivity index (χ0) is 10.9. The Morgan fingerprint density at radius 1 is 1.00 bits per heavy atom. The van der Waals surface area contributed by atoms with E-state index in [1.54, 1.807) is 0 Å². The predicted molar refractivity (Wildman–Crippen MR) is 71.4 cm³/mol. The van der Waals surface area contributed by atoms with Gasteiger partial charge in [0.2, 0.25) is 0 Å². The molecule has 0 bridgehead atoms. The van der Waals surface area contributed by atoms with Gasteiger partial charge in [-0.05, 0) is 30.7 Å². The summed E-state index contributed by atoms with van der Waals surface area (Å²) in [5.41, 5.74) is 1.22. The van der Waals surface area contributed by atoms with Gasteiger partial charge in [-0.2, -0.15) is 0 Å². The van der Waals surface area contributed by atoms with Gasteiger partial charge in [0, 0.05) is 16.7 Å². The van der Waals surface area contributed by atoms with E-state index >= 15 is 0 Å². The Balaban J connectivity index is 2.07. The molecule has 0 aliphatic carbocycles. The van der Waals surface area contributed by atoms with Crippen LogP contribution in [0.4, 0.5) is 5.69 Å². The van der Waals surface area contributed by atoms with Crippen molar-refractivity contribution in [2.24, 2.45) is 0 Å². The summed E-state index contributed by atoms with van der Waals surface area (Å²) in [5.74, 6) is 0. The molecule has 0 fully saturated rings. The lowest BCUT2D eigenvalue weighted by molar-refractivity contribution is 0.645. The highest BCUT2D eigenvalue weighted by molar-refractivity contribution is 9.10. The van der Waals surface area contributed by atoms with E-state index in [9.17, 15) is 0 Å². The zero-order valence-corrected chi connectivity index (χ0v) is 11.0. The van der Waals surface area contributed by atoms with E-state index in [0.29, 0.717) is 0 Å². The van der Waals surface area contributed by atoms with E-state index in [2.05, 4.69) is 52.4 Å². The molecule has 0 amide bonds. The normalized spacial score (nSPS) is 10.3. The first kappa shape index (κ1) is 12.6. The van der Waals surface area contributed by atoms with Crippen molar-refractivity contribution in [3.05, 3.63) is 28.7 Å². The molecular weight excluding hydrogens is 250 g/mol. The van der Waals surface area contributed by atoms with E-state index in [-0.39, 0.29) is 0 Å². The van der Waals surface area contributed by atoms with Crippen LogP contribution in [0.2, 0.25) is 0 Å². The molecule has 1 aromatic rings. The smallest absolute Gasteiger partial charge is 0.0340 e. The fourth-order valence-electron chi connectivity index (χ4n) is 1.53. The van der Waals surface area contributed by atoms with Crippen molar-refractivity contribution >= 4 is 21.6 Å². The molecule has 0 aliphatic heterocycles. The molecule has 2 heteroatoms. The maximum atomic E-state index is 3.43. The molecule has 1 nitrogen and oxygen atoms in total. The van der Waals surface area contributed by atoms with Gasteiger partial charge in [0.15, 0.2) is 0 Å². The van der Waals surface area contributed by atoms with Crippen molar-refractivity contribution in [2.45, 2.75) is 39.0 Å². The Hall–Kier alpha value is -0.500. The minimum Gasteiger partial charge on any atom is -0.385 e. The quantitative estimate of drug-likeness (QED) is 0.699. The van der Waals surface area contributed by atoms with E-state index in [4.69, 9.17) is 0 Å². The molecule has 0 heterocycles. The van der Waals surface area contributed by atoms with Gasteiger partial charge in [-0.1, -0.05) is 48.5 Å². The number of anilines is 1. The van der Waals surface area contributed by atoms with Crippen molar-refractivity contribution in [3.63, 3.8) is 0 Å². The Labute approximate surface area is 101 Å². The molecule has 1 aromatic carbocycles. The van der Waals surface area contributed by atoms with E-state index < -0.39 is 0 Å². The van der Waals surface area contributed by atoms with E-state index in [0.717, 1.165) is 11.0 Å². The van der Waals surface area contributed by atoms with Gasteiger partial charge in [-0.25, -0.2) is 0 Å². The van der Waals surface area contributed by atoms with Crippen LogP contribution in [-0.4, -0.2) is 6.54 Å². The second-order valence-electron chi connectivity index (χ2n) is 3.85. The van der Waals surface area contributed by atoms with Crippen LogP contribution in [-0.2, 0) is 0 Å². The minimum atomic E-state index is 1.09. The third-order valence-electron chi connectivity index (χ3n) is 2.45. The fraction of sp³-hybridized carbons (Fsp3) is 0.538. The van der Waals surface area contributed by atoms with Gasteiger partial charge in [0.05, 0.1) is 0 Å². The molecule has 0 aliphatic rings. The third kappa shape index (κ3) is 5.83. The van der Waals surface area contributed by atoms with Crippen LogP contribution in [0.3, 0.4) is 0 Å². The van der Waals surface area contributed by atoms with Crippen LogP contribution in [0.25, 0.3) is 0 Å². The Kier molecular flexibility index (Phi) is 6.49. The van der Waals surface area contributed by atoms with Crippen molar-refractivity contribution in [1.82, 2.24) is 0 Å². The lowest BCUT2D eigenvalue weighted by atomic mass is 10.1. The number of benzene rings is 1. The molecule has 1 N–H and O–H groups in total. The van der Waals surface area contributed by atoms with E-state index in [1.807, 2.05) is 0 Å². The second-order valence-corrected chi connectivity index (χ2v) is 4.76. The SMILES string of the molecule is CCCCCCCNc1ccc(Br)cc1. The van der Waals surface area contributed by atoms with Crippen LogP contribution in [0.1, 0.15) is 39.0 Å². The first-order chi connectivity index (χ1) is 7.33. The largest absolute Gasteiger partial charge is 0.385 e. The number of hydrogen-bond acceptors (Lipinski definition) is 1. The summed E-state index contributed by atoms with van der Waals surface area (Å²) in [6, 6.07) is 8.35. The monoisotopic (exact) mass is 269 g/mol. The number of hydrogen-bond donors (Lipinski definition) is 1. The number of nitrogens with one attached hydrogen (secondary N) is 1. The lowest BCUT2D eigenvalue weighted by Crippen LogP contribution is -2.00. The molecule has 0 unspecified atom stereocenters. The molecule has 0 spiro atoms. The summed E-state index contributed by atoms with van der Waals surface area (Å²) < 4.78 is 1.14. The van der Waals surface area contributed by atoms with Gasteiger partial charge in [-0.15, -0.1) is 0 Å². The summed E-state index contributed by atoms with van der Waals surface area (Å²) in [5, 5.41) is 3.43. The molecule has 0 saturated heterocycles. The highest BCUT2D eigenvalue weighted by Crippen LogP contribution is 2.14. The maximum Gasteiger partial charge on any atom is 0.0340 e. The summed E-state index contributed by atoms with van der Waals surface area (Å²) in [6.07, 6.45) is 6.68. The minimum absolute atomic E-state index is 1.09. The van der Waals surface area contributed by atoms with Gasteiger partial charge < -0.3 is 5.32 Å². The number of halogens is 1. The zero-order valence-electron chi connectivity index (χ0n) is 9.43. The van der Waals surface area contributed by atoms with Crippen molar-refractivity contribution in [2.75, 3.05) is 11.9 Å². The van der Waals surface area contributed by atoms with Crippen LogP contribution >= 0.6 is 15.9 Å². The van der Waals surface area contributed by atoms with Crippen molar-refractivity contribution in [3.8, 4) is 0 Å². The highest BCUT2D eigenvalue weighted by atomic mass is 79.9. The molecule has 0 aromatic heterocycles. The first-order valence-electron chi connectivity index (χ1n) is 5.82. The van der Waals surface area contributed by atoms with Gasteiger partial charge >= 0.3 is 0 Å². The topological polar surface area (TPSA) is 12.0 Å². The van der Waals surface area contributed by atoms with Gasteiger partial charge in [0.25, 0.3) is 0 Å². The second kappa shape index (κ2) is 7.75. The number of unbranched alkanes of at least 4 members (excludes halogenated alkanes) is 4.